The van der Waals surface area contributed by atoms with Crippen LogP contribution in [0.4, 0.5) is 8.78 Å². The maximum atomic E-state index is 13.4. The minimum Gasteiger partial charge on any atom is -0.389 e. The Balaban J connectivity index is 1.60. The van der Waals surface area contributed by atoms with E-state index in [9.17, 15) is 13.9 Å². The third-order valence-electron chi connectivity index (χ3n) is 5.63. The Bertz CT molecular complexity index is 776. The number of piperidine rings is 1. The van der Waals surface area contributed by atoms with Crippen LogP contribution in [0.2, 0.25) is 0 Å². The van der Waals surface area contributed by atoms with Crippen LogP contribution in [-0.4, -0.2) is 41.5 Å². The molecule has 1 atom stereocenters. The van der Waals surface area contributed by atoms with E-state index in [4.69, 9.17) is 4.74 Å². The molecule has 31 heavy (non-hydrogen) atoms. The summed E-state index contributed by atoms with van der Waals surface area (Å²) >= 11 is 0. The Hall–Kier alpha value is -1.86. The first-order valence-corrected chi connectivity index (χ1v) is 10.9. The quantitative estimate of drug-likeness (QED) is 0.581. The maximum absolute atomic E-state index is 13.4. The standard InChI is InChI=1S/C25H34F2N2O2/c1-24(2)13-21(14-25(3,4)29-24)28-15-22(30)16-31-23(17-5-9-19(26)10-6-17)18-7-11-20(27)12-8-18/h5-12,21-23,28-30H,13-16H2,1-4H3. The van der Waals surface area contributed by atoms with E-state index in [2.05, 4.69) is 38.3 Å². The van der Waals surface area contributed by atoms with Gasteiger partial charge in [0.2, 0.25) is 0 Å². The van der Waals surface area contributed by atoms with Crippen molar-refractivity contribution in [2.75, 3.05) is 13.2 Å². The molecule has 0 bridgehead atoms. The van der Waals surface area contributed by atoms with Gasteiger partial charge < -0.3 is 20.5 Å². The van der Waals surface area contributed by atoms with E-state index >= 15 is 0 Å². The molecule has 1 aliphatic rings. The van der Waals surface area contributed by atoms with E-state index in [1.54, 1.807) is 24.3 Å². The van der Waals surface area contributed by atoms with Gasteiger partial charge >= 0.3 is 0 Å². The van der Waals surface area contributed by atoms with Crippen molar-refractivity contribution in [2.45, 2.75) is 69.9 Å². The molecule has 0 saturated carbocycles. The van der Waals surface area contributed by atoms with Gasteiger partial charge in [0.05, 0.1) is 12.7 Å². The summed E-state index contributed by atoms with van der Waals surface area (Å²) in [4.78, 5) is 0. The molecule has 1 unspecified atom stereocenters. The lowest BCUT2D eigenvalue weighted by atomic mass is 9.79. The highest BCUT2D eigenvalue weighted by molar-refractivity contribution is 5.30. The van der Waals surface area contributed by atoms with Crippen molar-refractivity contribution in [3.63, 3.8) is 0 Å². The number of halogens is 2. The van der Waals surface area contributed by atoms with Gasteiger partial charge in [-0.15, -0.1) is 0 Å². The topological polar surface area (TPSA) is 53.5 Å². The Labute approximate surface area is 184 Å². The second kappa shape index (κ2) is 9.74. The van der Waals surface area contributed by atoms with Crippen LogP contribution in [-0.2, 0) is 4.74 Å². The number of hydrogen-bond acceptors (Lipinski definition) is 4. The van der Waals surface area contributed by atoms with Gasteiger partial charge in [-0.3, -0.25) is 0 Å². The molecule has 6 heteroatoms. The van der Waals surface area contributed by atoms with Gasteiger partial charge in [0.15, 0.2) is 0 Å². The first-order chi connectivity index (χ1) is 14.5. The summed E-state index contributed by atoms with van der Waals surface area (Å²) in [5.74, 6) is -0.669. The molecule has 0 spiro atoms. The Kier molecular flexibility index (Phi) is 7.47. The van der Waals surface area contributed by atoms with Crippen molar-refractivity contribution in [3.8, 4) is 0 Å². The zero-order chi connectivity index (χ0) is 22.6. The van der Waals surface area contributed by atoms with Crippen molar-refractivity contribution in [1.29, 1.82) is 0 Å². The monoisotopic (exact) mass is 432 g/mol. The number of nitrogens with one attached hydrogen (secondary N) is 2. The van der Waals surface area contributed by atoms with Crippen LogP contribution in [0, 0.1) is 11.6 Å². The first kappa shape index (κ1) is 23.8. The minimum atomic E-state index is -0.704. The van der Waals surface area contributed by atoms with Crippen LogP contribution in [0.15, 0.2) is 48.5 Å². The molecule has 1 heterocycles. The van der Waals surface area contributed by atoms with Gasteiger partial charge in [0.1, 0.15) is 17.7 Å². The van der Waals surface area contributed by atoms with Crippen molar-refractivity contribution in [2.24, 2.45) is 0 Å². The zero-order valence-corrected chi connectivity index (χ0v) is 18.8. The fraction of sp³-hybridized carbons (Fsp3) is 0.520. The number of aliphatic hydroxyl groups is 1. The molecular formula is C25H34F2N2O2. The van der Waals surface area contributed by atoms with Crippen LogP contribution in [0.5, 0.6) is 0 Å². The number of benzene rings is 2. The summed E-state index contributed by atoms with van der Waals surface area (Å²) in [6.07, 6.45) is 0.715. The molecule has 170 valence electrons. The van der Waals surface area contributed by atoms with Crippen molar-refractivity contribution < 1.29 is 18.6 Å². The Morgan fingerprint density at radius 2 is 1.39 bits per heavy atom. The SMILES string of the molecule is CC1(C)CC(NCC(O)COC(c2ccc(F)cc2)c2ccc(F)cc2)CC(C)(C)N1. The molecule has 3 rings (SSSR count). The van der Waals surface area contributed by atoms with Crippen LogP contribution in [0.1, 0.15) is 57.8 Å². The minimum absolute atomic E-state index is 0.0249. The number of rotatable bonds is 8. The highest BCUT2D eigenvalue weighted by Gasteiger charge is 2.37. The highest BCUT2D eigenvalue weighted by atomic mass is 19.1. The second-order valence-electron chi connectivity index (χ2n) is 9.88. The van der Waals surface area contributed by atoms with E-state index in [0.717, 1.165) is 24.0 Å². The van der Waals surface area contributed by atoms with Crippen molar-refractivity contribution in [1.82, 2.24) is 10.6 Å². The largest absolute Gasteiger partial charge is 0.389 e. The van der Waals surface area contributed by atoms with E-state index < -0.39 is 12.2 Å². The molecule has 3 N–H and O–H groups in total. The average molecular weight is 433 g/mol. The van der Waals surface area contributed by atoms with Crippen LogP contribution in [0.25, 0.3) is 0 Å². The second-order valence-corrected chi connectivity index (χ2v) is 9.88. The van der Waals surface area contributed by atoms with Gasteiger partial charge in [-0.1, -0.05) is 24.3 Å². The van der Waals surface area contributed by atoms with Gasteiger partial charge in [-0.05, 0) is 75.9 Å². The molecule has 1 aliphatic heterocycles. The van der Waals surface area contributed by atoms with Crippen LogP contribution < -0.4 is 10.6 Å². The number of ether oxygens (including phenoxy) is 1. The van der Waals surface area contributed by atoms with E-state index in [-0.39, 0.29) is 29.3 Å². The summed E-state index contributed by atoms with van der Waals surface area (Å²) in [7, 11) is 0. The molecule has 2 aromatic rings. The first-order valence-electron chi connectivity index (χ1n) is 10.9. The lowest BCUT2D eigenvalue weighted by Gasteiger charge is -2.47. The smallest absolute Gasteiger partial charge is 0.123 e. The third-order valence-corrected chi connectivity index (χ3v) is 5.63. The summed E-state index contributed by atoms with van der Waals surface area (Å²) in [6.45, 7) is 9.28. The number of aliphatic hydroxyl groups excluding tert-OH is 1. The Morgan fingerprint density at radius 1 is 0.935 bits per heavy atom. The fourth-order valence-electron chi connectivity index (χ4n) is 4.70. The van der Waals surface area contributed by atoms with Gasteiger partial charge in [0, 0.05) is 23.7 Å². The molecule has 0 aliphatic carbocycles. The average Bonchev–Trinajstić information content (AvgIpc) is 2.67. The van der Waals surface area contributed by atoms with Gasteiger partial charge in [-0.2, -0.15) is 0 Å². The molecule has 0 radical (unpaired) electrons. The summed E-state index contributed by atoms with van der Waals surface area (Å²) < 4.78 is 32.8. The van der Waals surface area contributed by atoms with Crippen LogP contribution in [0.3, 0.4) is 0 Å². The molecule has 2 aromatic carbocycles. The van der Waals surface area contributed by atoms with E-state index in [0.29, 0.717) is 12.6 Å². The normalized spacial score (nSPS) is 19.5. The Morgan fingerprint density at radius 3 is 1.84 bits per heavy atom. The molecule has 0 amide bonds. The van der Waals surface area contributed by atoms with Gasteiger partial charge in [0.25, 0.3) is 0 Å². The zero-order valence-electron chi connectivity index (χ0n) is 18.8. The predicted molar refractivity (Wildman–Crippen MR) is 119 cm³/mol. The lowest BCUT2D eigenvalue weighted by molar-refractivity contribution is 0.00376. The summed E-state index contributed by atoms with van der Waals surface area (Å²) in [5.41, 5.74) is 1.54. The molecule has 0 aromatic heterocycles. The maximum Gasteiger partial charge on any atom is 0.123 e. The van der Waals surface area contributed by atoms with Gasteiger partial charge in [-0.25, -0.2) is 8.78 Å². The lowest BCUT2D eigenvalue weighted by Crippen LogP contribution is -2.62. The number of hydrogen-bond donors (Lipinski definition) is 3. The van der Waals surface area contributed by atoms with E-state index in [1.165, 1.54) is 24.3 Å². The fourth-order valence-corrected chi connectivity index (χ4v) is 4.70. The highest BCUT2D eigenvalue weighted by Crippen LogP contribution is 2.29. The molecule has 1 fully saturated rings. The van der Waals surface area contributed by atoms with E-state index in [1.807, 2.05) is 0 Å². The summed E-state index contributed by atoms with van der Waals surface area (Å²) in [6, 6.07) is 12.4. The van der Waals surface area contributed by atoms with Crippen molar-refractivity contribution in [3.05, 3.63) is 71.3 Å². The molecule has 1 saturated heterocycles. The van der Waals surface area contributed by atoms with Crippen LogP contribution >= 0.6 is 0 Å². The molecular weight excluding hydrogens is 398 g/mol. The predicted octanol–water partition coefficient (Wildman–Crippen LogP) is 4.33. The van der Waals surface area contributed by atoms with Crippen molar-refractivity contribution >= 4 is 0 Å². The third kappa shape index (κ3) is 7.07. The summed E-state index contributed by atoms with van der Waals surface area (Å²) in [5, 5.41) is 17.7. The molecule has 4 nitrogen and oxygen atoms in total.